The third-order valence-corrected chi connectivity index (χ3v) is 5.89. The van der Waals surface area contributed by atoms with Crippen molar-refractivity contribution >= 4 is 27.5 Å². The lowest BCUT2D eigenvalue weighted by Gasteiger charge is -2.37. The number of fused-ring (bicyclic) bond motifs is 2. The number of piperidine rings is 1. The molecule has 134 valence electrons. The zero-order chi connectivity index (χ0) is 17.8. The Morgan fingerprint density at radius 1 is 1.00 bits per heavy atom. The van der Waals surface area contributed by atoms with E-state index in [4.69, 9.17) is 10.7 Å². The van der Waals surface area contributed by atoms with Gasteiger partial charge in [-0.3, -0.25) is 4.90 Å². The van der Waals surface area contributed by atoms with Crippen LogP contribution in [0, 0.1) is 0 Å². The highest BCUT2D eigenvalue weighted by Gasteiger charge is 2.36. The predicted molar refractivity (Wildman–Crippen MR) is 103 cm³/mol. The lowest BCUT2D eigenvalue weighted by atomic mass is 9.91. The van der Waals surface area contributed by atoms with Crippen molar-refractivity contribution in [2.45, 2.75) is 44.2 Å². The molecule has 5 rings (SSSR count). The van der Waals surface area contributed by atoms with Crippen molar-refractivity contribution in [2.75, 3.05) is 12.3 Å². The molecule has 1 saturated heterocycles. The number of phenolic OH excluding ortho intramolecular Hbond substituents is 2. The maximum atomic E-state index is 9.91. The summed E-state index contributed by atoms with van der Waals surface area (Å²) in [4.78, 5) is 7.36. The maximum Gasteiger partial charge on any atom is 0.159 e. The second kappa shape index (κ2) is 5.74. The molecule has 3 aromatic rings. The zero-order valence-electron chi connectivity index (χ0n) is 14.7. The number of benzene rings is 2. The second-order valence-electron chi connectivity index (χ2n) is 7.61. The Kier molecular flexibility index (Phi) is 3.47. The van der Waals surface area contributed by atoms with Crippen molar-refractivity contribution in [3.05, 3.63) is 35.9 Å². The van der Waals surface area contributed by atoms with Gasteiger partial charge in [-0.15, -0.1) is 0 Å². The van der Waals surface area contributed by atoms with Gasteiger partial charge in [-0.2, -0.15) is 0 Å². The molecule has 1 aliphatic heterocycles. The van der Waals surface area contributed by atoms with Crippen molar-refractivity contribution in [2.24, 2.45) is 0 Å². The SMILES string of the molecule is Nc1c2cc(O)c(O)cc2nc2cccc(C3CCCCN3C3CC3)c12. The summed E-state index contributed by atoms with van der Waals surface area (Å²) in [5.74, 6) is -0.341. The van der Waals surface area contributed by atoms with Crippen LogP contribution in [0.1, 0.15) is 43.7 Å². The van der Waals surface area contributed by atoms with E-state index >= 15 is 0 Å². The highest BCUT2D eigenvalue weighted by atomic mass is 16.3. The van der Waals surface area contributed by atoms with E-state index in [0.717, 1.165) is 23.9 Å². The van der Waals surface area contributed by atoms with Gasteiger partial charge in [0.15, 0.2) is 11.5 Å². The second-order valence-corrected chi connectivity index (χ2v) is 7.61. The normalized spacial score (nSPS) is 21.5. The summed E-state index contributed by atoms with van der Waals surface area (Å²) in [6.45, 7) is 1.15. The molecule has 1 unspecified atom stereocenters. The summed E-state index contributed by atoms with van der Waals surface area (Å²) < 4.78 is 0. The van der Waals surface area contributed by atoms with Crippen LogP contribution in [0.25, 0.3) is 21.8 Å². The monoisotopic (exact) mass is 349 g/mol. The van der Waals surface area contributed by atoms with Crippen LogP contribution in [0.4, 0.5) is 5.69 Å². The third-order valence-electron chi connectivity index (χ3n) is 5.89. The van der Waals surface area contributed by atoms with Gasteiger partial charge in [-0.25, -0.2) is 4.98 Å². The average molecular weight is 349 g/mol. The van der Waals surface area contributed by atoms with Crippen LogP contribution in [0.15, 0.2) is 30.3 Å². The number of aromatic hydroxyl groups is 2. The molecule has 1 aliphatic carbocycles. The number of nitrogens with zero attached hydrogens (tertiary/aromatic N) is 2. The number of aromatic nitrogens is 1. The lowest BCUT2D eigenvalue weighted by Crippen LogP contribution is -2.35. The van der Waals surface area contributed by atoms with Crippen molar-refractivity contribution in [1.29, 1.82) is 0 Å². The zero-order valence-corrected chi connectivity index (χ0v) is 14.7. The molecule has 5 heteroatoms. The summed E-state index contributed by atoms with van der Waals surface area (Å²) in [6, 6.07) is 10.3. The number of hydrogen-bond donors (Lipinski definition) is 3. The molecule has 0 spiro atoms. The van der Waals surface area contributed by atoms with Crippen molar-refractivity contribution in [3.63, 3.8) is 0 Å². The molecule has 5 nitrogen and oxygen atoms in total. The minimum absolute atomic E-state index is 0.167. The number of anilines is 1. The minimum Gasteiger partial charge on any atom is -0.504 e. The molecule has 1 aromatic heterocycles. The Bertz CT molecular complexity index is 1010. The molecule has 26 heavy (non-hydrogen) atoms. The largest absolute Gasteiger partial charge is 0.504 e. The summed E-state index contributed by atoms with van der Waals surface area (Å²) in [5, 5.41) is 21.4. The van der Waals surface area contributed by atoms with Crippen LogP contribution in [0.5, 0.6) is 11.5 Å². The molecule has 2 fully saturated rings. The fraction of sp³-hybridized carbons (Fsp3) is 0.381. The highest BCUT2D eigenvalue weighted by Crippen LogP contribution is 2.44. The first kappa shape index (κ1) is 15.7. The quantitative estimate of drug-likeness (QED) is 0.480. The van der Waals surface area contributed by atoms with Crippen LogP contribution < -0.4 is 5.73 Å². The Morgan fingerprint density at radius 3 is 2.62 bits per heavy atom. The molecule has 2 heterocycles. The molecule has 0 radical (unpaired) electrons. The molecule has 0 bridgehead atoms. The average Bonchev–Trinajstić information content (AvgIpc) is 3.48. The van der Waals surface area contributed by atoms with E-state index in [1.165, 1.54) is 43.4 Å². The van der Waals surface area contributed by atoms with Gasteiger partial charge in [0.1, 0.15) is 0 Å². The molecule has 4 N–H and O–H groups in total. The van der Waals surface area contributed by atoms with E-state index in [1.54, 1.807) is 0 Å². The van der Waals surface area contributed by atoms with E-state index in [-0.39, 0.29) is 11.5 Å². The topological polar surface area (TPSA) is 82.6 Å². The van der Waals surface area contributed by atoms with Crippen LogP contribution in [-0.2, 0) is 0 Å². The van der Waals surface area contributed by atoms with E-state index in [1.807, 2.05) is 6.07 Å². The molecular weight excluding hydrogens is 326 g/mol. The fourth-order valence-corrected chi connectivity index (χ4v) is 4.49. The van der Waals surface area contributed by atoms with Crippen molar-refractivity contribution < 1.29 is 10.2 Å². The van der Waals surface area contributed by atoms with E-state index in [9.17, 15) is 10.2 Å². The van der Waals surface area contributed by atoms with Gasteiger partial charge < -0.3 is 15.9 Å². The summed E-state index contributed by atoms with van der Waals surface area (Å²) >= 11 is 0. The van der Waals surface area contributed by atoms with Crippen LogP contribution in [0.2, 0.25) is 0 Å². The first-order valence-electron chi connectivity index (χ1n) is 9.43. The van der Waals surface area contributed by atoms with Gasteiger partial charge in [0.25, 0.3) is 0 Å². The molecule has 2 aliphatic rings. The number of nitrogen functional groups attached to an aromatic ring is 1. The molecule has 2 aromatic carbocycles. The predicted octanol–water partition coefficient (Wildman–Crippen LogP) is 4.07. The smallest absolute Gasteiger partial charge is 0.159 e. The molecule has 1 atom stereocenters. The van der Waals surface area contributed by atoms with Gasteiger partial charge in [0.2, 0.25) is 0 Å². The first-order valence-corrected chi connectivity index (χ1v) is 9.43. The lowest BCUT2D eigenvalue weighted by molar-refractivity contribution is 0.140. The number of pyridine rings is 1. The van der Waals surface area contributed by atoms with Crippen LogP contribution >= 0.6 is 0 Å². The Balaban J connectivity index is 1.75. The molecule has 0 amide bonds. The maximum absolute atomic E-state index is 9.91. The Labute approximate surface area is 152 Å². The van der Waals surface area contributed by atoms with Crippen LogP contribution in [-0.4, -0.2) is 32.7 Å². The van der Waals surface area contributed by atoms with Crippen molar-refractivity contribution in [1.82, 2.24) is 9.88 Å². The summed E-state index contributed by atoms with van der Waals surface area (Å²) in [5.41, 5.74) is 9.90. The van der Waals surface area contributed by atoms with Gasteiger partial charge in [-0.05, 0) is 49.9 Å². The molecule has 1 saturated carbocycles. The minimum atomic E-state index is -0.174. The number of phenols is 2. The van der Waals surface area contributed by atoms with E-state index in [0.29, 0.717) is 28.7 Å². The van der Waals surface area contributed by atoms with Crippen molar-refractivity contribution in [3.8, 4) is 11.5 Å². The third kappa shape index (κ3) is 2.38. The Hall–Kier alpha value is -2.53. The summed E-state index contributed by atoms with van der Waals surface area (Å²) in [6.07, 6.45) is 6.24. The highest BCUT2D eigenvalue weighted by molar-refractivity contribution is 6.08. The standard InChI is InChI=1S/C21H23N3O2/c22-21-14-10-18(25)19(26)11-16(14)23-15-5-3-4-13(20(15)21)17-6-1-2-9-24(17)12-7-8-12/h3-5,10-12,17,25-26H,1-2,6-9H2,(H2,22,23). The molecular formula is C21H23N3O2. The van der Waals surface area contributed by atoms with E-state index in [2.05, 4.69) is 17.0 Å². The summed E-state index contributed by atoms with van der Waals surface area (Å²) in [7, 11) is 0. The number of rotatable bonds is 2. The number of nitrogens with two attached hydrogens (primary N) is 1. The van der Waals surface area contributed by atoms with Crippen LogP contribution in [0.3, 0.4) is 0 Å². The number of hydrogen-bond acceptors (Lipinski definition) is 5. The Morgan fingerprint density at radius 2 is 1.81 bits per heavy atom. The fourth-order valence-electron chi connectivity index (χ4n) is 4.49. The van der Waals surface area contributed by atoms with Gasteiger partial charge in [0.05, 0.1) is 16.7 Å². The van der Waals surface area contributed by atoms with Gasteiger partial charge in [0, 0.05) is 28.9 Å². The first-order chi connectivity index (χ1) is 12.6. The van der Waals surface area contributed by atoms with Gasteiger partial charge >= 0.3 is 0 Å². The number of likely N-dealkylation sites (tertiary alicyclic amines) is 1. The van der Waals surface area contributed by atoms with Gasteiger partial charge in [-0.1, -0.05) is 18.6 Å². The van der Waals surface area contributed by atoms with E-state index < -0.39 is 0 Å².